The Kier molecular flexibility index (Phi) is 4.47. The van der Waals surface area contributed by atoms with Crippen molar-refractivity contribution >= 4 is 17.4 Å². The van der Waals surface area contributed by atoms with E-state index in [2.05, 4.69) is 27.2 Å². The molecule has 2 aromatic rings. The smallest absolute Gasteiger partial charge is 0.134 e. The minimum atomic E-state index is 0.477. The van der Waals surface area contributed by atoms with Gasteiger partial charge >= 0.3 is 0 Å². The molecule has 0 aliphatic carbocycles. The predicted octanol–water partition coefficient (Wildman–Crippen LogP) is 3.09. The molecule has 0 unspecified atom stereocenters. The summed E-state index contributed by atoms with van der Waals surface area (Å²) in [6, 6.07) is 5.66. The molecule has 0 aromatic carbocycles. The van der Waals surface area contributed by atoms with Crippen molar-refractivity contribution in [2.45, 2.75) is 26.3 Å². The van der Waals surface area contributed by atoms with Crippen molar-refractivity contribution in [2.24, 2.45) is 0 Å². The van der Waals surface area contributed by atoms with Gasteiger partial charge in [0, 0.05) is 31.4 Å². The highest BCUT2D eigenvalue weighted by Crippen LogP contribution is 2.13. The lowest BCUT2D eigenvalue weighted by Gasteiger charge is -2.07. The fraction of sp³-hybridized carbons (Fsp3) is 0.308. The van der Waals surface area contributed by atoms with E-state index in [0.29, 0.717) is 11.7 Å². The summed E-state index contributed by atoms with van der Waals surface area (Å²) in [5.41, 5.74) is 1.15. The van der Waals surface area contributed by atoms with Gasteiger partial charge in [0.05, 0.1) is 0 Å². The molecule has 5 heteroatoms. The molecular weight excluding hydrogens is 248 g/mol. The van der Waals surface area contributed by atoms with Gasteiger partial charge in [-0.25, -0.2) is 9.97 Å². The van der Waals surface area contributed by atoms with Gasteiger partial charge < -0.3 is 5.32 Å². The normalized spacial score (nSPS) is 10.3. The molecule has 0 radical (unpaired) electrons. The van der Waals surface area contributed by atoms with E-state index in [1.807, 2.05) is 12.1 Å². The van der Waals surface area contributed by atoms with Crippen LogP contribution in [0.2, 0.25) is 5.15 Å². The summed E-state index contributed by atoms with van der Waals surface area (Å²) in [5, 5.41) is 3.71. The predicted molar refractivity (Wildman–Crippen MR) is 72.6 cm³/mol. The molecule has 2 rings (SSSR count). The first-order chi connectivity index (χ1) is 8.78. The first-order valence-corrected chi connectivity index (χ1v) is 6.32. The molecule has 0 fully saturated rings. The molecule has 0 amide bonds. The number of halogens is 1. The summed E-state index contributed by atoms with van der Waals surface area (Å²) in [5.74, 6) is 1.54. The summed E-state index contributed by atoms with van der Waals surface area (Å²) in [7, 11) is 0. The van der Waals surface area contributed by atoms with E-state index in [1.165, 1.54) is 0 Å². The molecule has 1 N–H and O–H groups in total. The number of aryl methyl sites for hydroxylation is 1. The molecule has 0 aliphatic rings. The third kappa shape index (κ3) is 3.67. The lowest BCUT2D eigenvalue weighted by atomic mass is 10.3. The van der Waals surface area contributed by atoms with Crippen molar-refractivity contribution in [1.82, 2.24) is 15.0 Å². The highest BCUT2D eigenvalue weighted by atomic mass is 35.5. The first-order valence-electron chi connectivity index (χ1n) is 5.94. The van der Waals surface area contributed by atoms with Crippen LogP contribution in [0.4, 0.5) is 5.82 Å². The molecule has 0 saturated heterocycles. The largest absolute Gasteiger partial charge is 0.366 e. The minimum Gasteiger partial charge on any atom is -0.366 e. The fourth-order valence-electron chi connectivity index (χ4n) is 1.58. The fourth-order valence-corrected chi connectivity index (χ4v) is 1.78. The quantitative estimate of drug-likeness (QED) is 0.842. The van der Waals surface area contributed by atoms with Crippen LogP contribution in [0.25, 0.3) is 0 Å². The third-order valence-electron chi connectivity index (χ3n) is 2.44. The molecule has 0 aliphatic heterocycles. The Morgan fingerprint density at radius 3 is 2.72 bits per heavy atom. The number of anilines is 1. The molecule has 0 saturated carbocycles. The van der Waals surface area contributed by atoms with Gasteiger partial charge in [-0.15, -0.1) is 0 Å². The van der Waals surface area contributed by atoms with Crippen LogP contribution in [0, 0.1) is 0 Å². The molecule has 0 spiro atoms. The van der Waals surface area contributed by atoms with Crippen molar-refractivity contribution in [3.8, 4) is 0 Å². The topological polar surface area (TPSA) is 50.7 Å². The van der Waals surface area contributed by atoms with Crippen LogP contribution in [0.1, 0.15) is 24.7 Å². The SMILES string of the molecule is CCCc1nc(Cl)cc(NCc2ccncc2)n1. The summed E-state index contributed by atoms with van der Waals surface area (Å²) < 4.78 is 0. The van der Waals surface area contributed by atoms with Gasteiger partial charge in [0.1, 0.15) is 16.8 Å². The zero-order chi connectivity index (χ0) is 12.8. The van der Waals surface area contributed by atoms with Gasteiger partial charge in [0.2, 0.25) is 0 Å². The van der Waals surface area contributed by atoms with Crippen LogP contribution in [0.5, 0.6) is 0 Å². The molecule has 2 aromatic heterocycles. The highest BCUT2D eigenvalue weighted by molar-refractivity contribution is 6.29. The Hall–Kier alpha value is -1.68. The zero-order valence-electron chi connectivity index (χ0n) is 10.2. The van der Waals surface area contributed by atoms with Crippen molar-refractivity contribution in [2.75, 3.05) is 5.32 Å². The van der Waals surface area contributed by atoms with Crippen molar-refractivity contribution in [1.29, 1.82) is 0 Å². The van der Waals surface area contributed by atoms with Gasteiger partial charge in [0.15, 0.2) is 0 Å². The van der Waals surface area contributed by atoms with E-state index in [1.54, 1.807) is 18.5 Å². The Labute approximate surface area is 111 Å². The third-order valence-corrected chi connectivity index (χ3v) is 2.63. The Morgan fingerprint density at radius 1 is 1.22 bits per heavy atom. The van der Waals surface area contributed by atoms with E-state index in [9.17, 15) is 0 Å². The highest BCUT2D eigenvalue weighted by Gasteiger charge is 2.02. The zero-order valence-corrected chi connectivity index (χ0v) is 11.0. The molecular formula is C13H15ClN4. The molecule has 4 nitrogen and oxygen atoms in total. The Balaban J connectivity index is 2.05. The molecule has 2 heterocycles. The molecule has 0 atom stereocenters. The summed E-state index contributed by atoms with van der Waals surface area (Å²) in [6.45, 7) is 2.79. The second-order valence-corrected chi connectivity index (χ2v) is 4.34. The van der Waals surface area contributed by atoms with Crippen LogP contribution in [0.15, 0.2) is 30.6 Å². The molecule has 0 bridgehead atoms. The average molecular weight is 263 g/mol. The molecule has 18 heavy (non-hydrogen) atoms. The summed E-state index contributed by atoms with van der Waals surface area (Å²) >= 11 is 5.97. The number of hydrogen-bond donors (Lipinski definition) is 1. The van der Waals surface area contributed by atoms with Crippen molar-refractivity contribution in [3.63, 3.8) is 0 Å². The maximum absolute atomic E-state index is 5.97. The van der Waals surface area contributed by atoms with Crippen LogP contribution in [-0.4, -0.2) is 15.0 Å². The van der Waals surface area contributed by atoms with Crippen LogP contribution in [-0.2, 0) is 13.0 Å². The number of nitrogens with zero attached hydrogens (tertiary/aromatic N) is 3. The van der Waals surface area contributed by atoms with Gasteiger partial charge in [-0.05, 0) is 24.1 Å². The first kappa shape index (κ1) is 12.8. The van der Waals surface area contributed by atoms with Crippen LogP contribution < -0.4 is 5.32 Å². The monoisotopic (exact) mass is 262 g/mol. The summed E-state index contributed by atoms with van der Waals surface area (Å²) in [4.78, 5) is 12.6. The molecule has 94 valence electrons. The Morgan fingerprint density at radius 2 is 2.00 bits per heavy atom. The van der Waals surface area contributed by atoms with E-state index in [0.717, 1.165) is 30.0 Å². The minimum absolute atomic E-state index is 0.477. The van der Waals surface area contributed by atoms with Gasteiger partial charge in [-0.1, -0.05) is 18.5 Å². The van der Waals surface area contributed by atoms with Gasteiger partial charge in [-0.2, -0.15) is 0 Å². The van der Waals surface area contributed by atoms with Gasteiger partial charge in [0.25, 0.3) is 0 Å². The van der Waals surface area contributed by atoms with E-state index < -0.39 is 0 Å². The number of aromatic nitrogens is 3. The van der Waals surface area contributed by atoms with E-state index >= 15 is 0 Å². The second-order valence-electron chi connectivity index (χ2n) is 3.95. The Bertz CT molecular complexity index is 502. The number of hydrogen-bond acceptors (Lipinski definition) is 4. The summed E-state index contributed by atoms with van der Waals surface area (Å²) in [6.07, 6.45) is 5.38. The van der Waals surface area contributed by atoms with Crippen molar-refractivity contribution in [3.05, 3.63) is 47.1 Å². The van der Waals surface area contributed by atoms with Gasteiger partial charge in [-0.3, -0.25) is 4.98 Å². The van der Waals surface area contributed by atoms with Crippen LogP contribution in [0.3, 0.4) is 0 Å². The average Bonchev–Trinajstić information content (AvgIpc) is 2.37. The second kappa shape index (κ2) is 6.31. The van der Waals surface area contributed by atoms with E-state index in [-0.39, 0.29) is 0 Å². The lowest BCUT2D eigenvalue weighted by molar-refractivity contribution is 0.834. The number of nitrogens with one attached hydrogen (secondary N) is 1. The number of pyridine rings is 1. The maximum Gasteiger partial charge on any atom is 0.134 e. The van der Waals surface area contributed by atoms with Crippen molar-refractivity contribution < 1.29 is 0 Å². The van der Waals surface area contributed by atoms with Crippen LogP contribution >= 0.6 is 11.6 Å². The maximum atomic E-state index is 5.97. The standard InChI is InChI=1S/C13H15ClN4/c1-2-3-12-17-11(14)8-13(18-12)16-9-10-4-6-15-7-5-10/h4-8H,2-3,9H2,1H3,(H,16,17,18). The number of rotatable bonds is 5. The lowest BCUT2D eigenvalue weighted by Crippen LogP contribution is -2.04. The van der Waals surface area contributed by atoms with E-state index in [4.69, 9.17) is 11.6 Å².